The number of sulfonamides is 1. The first kappa shape index (κ1) is 25.6. The van der Waals surface area contributed by atoms with E-state index in [1.165, 1.54) is 38.3 Å². The van der Waals surface area contributed by atoms with E-state index < -0.39 is 10.0 Å². The molecule has 0 aliphatic carbocycles. The Morgan fingerprint density at radius 3 is 2.31 bits per heavy atom. The predicted octanol–water partition coefficient (Wildman–Crippen LogP) is 3.99. The van der Waals surface area contributed by atoms with Gasteiger partial charge in [0.2, 0.25) is 5.91 Å². The lowest BCUT2D eigenvalue weighted by Crippen LogP contribution is -2.35. The number of anilines is 3. The highest BCUT2D eigenvalue weighted by molar-refractivity contribution is 7.92. The summed E-state index contributed by atoms with van der Waals surface area (Å²) in [5, 5.41) is 4.06. The van der Waals surface area contributed by atoms with Crippen molar-refractivity contribution in [2.24, 2.45) is 0 Å². The molecule has 8 nitrogen and oxygen atoms in total. The maximum atomic E-state index is 13.1. The van der Waals surface area contributed by atoms with Gasteiger partial charge < -0.3 is 15.0 Å². The number of rotatable bonds is 9. The van der Waals surface area contributed by atoms with Crippen LogP contribution in [0, 0.1) is 12.3 Å². The number of terminal acetylenes is 1. The average Bonchev–Trinajstić information content (AvgIpc) is 2.82. The molecule has 1 atom stereocenters. The third kappa shape index (κ3) is 6.11. The lowest BCUT2D eigenvalue weighted by molar-refractivity contribution is -0.140. The number of methoxy groups -OCH3 is 1. The topological polar surface area (TPSA) is 105 Å². The number of amides is 1. The van der Waals surface area contributed by atoms with Gasteiger partial charge >= 0.3 is 5.97 Å². The number of carbonyl (C=O) groups excluding carboxylic acids is 2. The Labute approximate surface area is 205 Å². The number of ether oxygens (including phenoxy) is 1. The van der Waals surface area contributed by atoms with Gasteiger partial charge in [0.05, 0.1) is 30.7 Å². The van der Waals surface area contributed by atoms with Crippen LogP contribution in [0.15, 0.2) is 65.6 Å². The minimum absolute atomic E-state index is 0.0559. The van der Waals surface area contributed by atoms with Gasteiger partial charge in [-0.2, -0.15) is 0 Å². The van der Waals surface area contributed by atoms with Gasteiger partial charge in [-0.25, -0.2) is 8.42 Å². The van der Waals surface area contributed by atoms with Gasteiger partial charge in [-0.15, -0.1) is 6.42 Å². The van der Waals surface area contributed by atoms with Crippen molar-refractivity contribution in [3.63, 3.8) is 0 Å². The largest absolute Gasteiger partial charge is 0.469 e. The minimum Gasteiger partial charge on any atom is -0.469 e. The van der Waals surface area contributed by atoms with E-state index in [9.17, 15) is 18.0 Å². The van der Waals surface area contributed by atoms with E-state index in [4.69, 9.17) is 11.2 Å². The first-order valence-electron chi connectivity index (χ1n) is 10.9. The van der Waals surface area contributed by atoms with Crippen molar-refractivity contribution < 1.29 is 22.7 Å². The number of fused-ring (bicyclic) bond motifs is 1. The van der Waals surface area contributed by atoms with Crippen molar-refractivity contribution in [1.82, 2.24) is 0 Å². The van der Waals surface area contributed by atoms with Crippen LogP contribution in [0.3, 0.4) is 0 Å². The summed E-state index contributed by atoms with van der Waals surface area (Å²) < 4.78 is 33.6. The monoisotopic (exact) mass is 493 g/mol. The Morgan fingerprint density at radius 1 is 1.06 bits per heavy atom. The molecule has 0 unspecified atom stereocenters. The second-order valence-corrected chi connectivity index (χ2v) is 9.63. The summed E-state index contributed by atoms with van der Waals surface area (Å²) >= 11 is 0. The van der Waals surface area contributed by atoms with Gasteiger partial charge in [0.25, 0.3) is 10.0 Å². The van der Waals surface area contributed by atoms with Gasteiger partial charge in [-0.3, -0.25) is 14.3 Å². The minimum atomic E-state index is -3.90. The smallest absolute Gasteiger partial charge is 0.307 e. The van der Waals surface area contributed by atoms with Gasteiger partial charge in [0.1, 0.15) is 0 Å². The highest BCUT2D eigenvalue weighted by atomic mass is 32.2. The van der Waals surface area contributed by atoms with Crippen molar-refractivity contribution in [1.29, 1.82) is 0 Å². The molecule has 0 heterocycles. The van der Waals surface area contributed by atoms with Crippen molar-refractivity contribution >= 4 is 49.7 Å². The summed E-state index contributed by atoms with van der Waals surface area (Å²) in [6.45, 7) is 3.51. The molecule has 0 saturated carbocycles. The zero-order valence-electron chi connectivity index (χ0n) is 19.7. The Hall–Kier alpha value is -4.03. The molecule has 3 rings (SSSR count). The van der Waals surface area contributed by atoms with Crippen molar-refractivity contribution in [3.05, 3.63) is 60.7 Å². The van der Waals surface area contributed by atoms with E-state index in [1.807, 2.05) is 36.1 Å². The van der Waals surface area contributed by atoms with Gasteiger partial charge in [0.15, 0.2) is 0 Å². The fraction of sp³-hybridized carbons (Fsp3) is 0.231. The predicted molar refractivity (Wildman–Crippen MR) is 138 cm³/mol. The Balaban J connectivity index is 1.98. The first-order valence-corrected chi connectivity index (χ1v) is 12.3. The highest BCUT2D eigenvalue weighted by Crippen LogP contribution is 2.34. The molecule has 0 fully saturated rings. The zero-order valence-corrected chi connectivity index (χ0v) is 20.6. The number of carbonyl (C=O) groups is 2. The summed E-state index contributed by atoms with van der Waals surface area (Å²) in [7, 11) is -2.56. The third-order valence-corrected chi connectivity index (χ3v) is 6.80. The third-order valence-electron chi connectivity index (χ3n) is 5.42. The van der Waals surface area contributed by atoms with E-state index >= 15 is 0 Å². The van der Waals surface area contributed by atoms with Crippen LogP contribution in [0.5, 0.6) is 0 Å². The van der Waals surface area contributed by atoms with Crippen LogP contribution in [0.4, 0.5) is 17.1 Å². The maximum absolute atomic E-state index is 13.1. The van der Waals surface area contributed by atoms with E-state index in [-0.39, 0.29) is 35.8 Å². The molecule has 2 N–H and O–H groups in total. The summed E-state index contributed by atoms with van der Waals surface area (Å²) in [6.07, 6.45) is 5.75. The number of hydrogen-bond donors (Lipinski definition) is 2. The fourth-order valence-electron chi connectivity index (χ4n) is 3.76. The van der Waals surface area contributed by atoms with E-state index in [0.29, 0.717) is 16.8 Å². The van der Waals surface area contributed by atoms with Crippen LogP contribution in [0.2, 0.25) is 0 Å². The number of benzene rings is 3. The zero-order chi connectivity index (χ0) is 25.6. The molecule has 3 aromatic rings. The summed E-state index contributed by atoms with van der Waals surface area (Å²) in [5.74, 6) is 2.04. The average molecular weight is 494 g/mol. The Morgan fingerprint density at radius 2 is 1.71 bits per heavy atom. The highest BCUT2D eigenvalue weighted by Gasteiger charge is 2.22. The van der Waals surface area contributed by atoms with Crippen molar-refractivity contribution in [3.8, 4) is 12.3 Å². The van der Waals surface area contributed by atoms with Crippen LogP contribution in [-0.2, 0) is 24.3 Å². The quantitative estimate of drug-likeness (QED) is 0.345. The van der Waals surface area contributed by atoms with E-state index in [0.717, 1.165) is 11.1 Å². The Kier molecular flexibility index (Phi) is 7.99. The molecule has 3 aromatic carbocycles. The second kappa shape index (κ2) is 10.9. The van der Waals surface area contributed by atoms with Crippen LogP contribution < -0.4 is 14.9 Å². The molecular weight excluding hydrogens is 466 g/mol. The molecule has 0 aliphatic heterocycles. The Bertz CT molecular complexity index is 1380. The maximum Gasteiger partial charge on any atom is 0.307 e. The molecule has 182 valence electrons. The number of nitrogens with one attached hydrogen (secondary N) is 2. The molecule has 0 bridgehead atoms. The van der Waals surface area contributed by atoms with Crippen molar-refractivity contribution in [2.45, 2.75) is 31.2 Å². The van der Waals surface area contributed by atoms with Crippen LogP contribution in [-0.4, -0.2) is 40.0 Å². The summed E-state index contributed by atoms with van der Waals surface area (Å²) in [6, 6.07) is 16.5. The van der Waals surface area contributed by atoms with Crippen LogP contribution >= 0.6 is 0 Å². The molecule has 0 radical (unpaired) electrons. The van der Waals surface area contributed by atoms with Gasteiger partial charge in [-0.1, -0.05) is 30.2 Å². The molecule has 0 aliphatic rings. The van der Waals surface area contributed by atoms with E-state index in [1.54, 1.807) is 12.1 Å². The van der Waals surface area contributed by atoms with Crippen molar-refractivity contribution in [2.75, 3.05) is 28.6 Å². The lowest BCUT2D eigenvalue weighted by atomic mass is 10.0. The second-order valence-electron chi connectivity index (χ2n) is 7.95. The first-order chi connectivity index (χ1) is 16.7. The summed E-state index contributed by atoms with van der Waals surface area (Å²) in [4.78, 5) is 25.0. The number of hydrogen-bond acceptors (Lipinski definition) is 6. The van der Waals surface area contributed by atoms with Gasteiger partial charge in [0, 0.05) is 35.1 Å². The normalized spacial score (nSPS) is 11.8. The molecule has 1 amide bonds. The molecular formula is C26H27N3O5S. The standard InChI is InChI=1S/C26H27N3O5S/c1-5-16-29(18(2)17-26(31)34-4)25-15-14-24(22-8-6-7-9-23(22)25)28-35(32,33)21-12-10-20(11-13-21)27-19(3)30/h1,6-15,18,28H,16-17H2,2-4H3,(H,27,30)/t18-/m0/s1. The van der Waals surface area contributed by atoms with Crippen LogP contribution in [0.25, 0.3) is 10.8 Å². The van der Waals surface area contributed by atoms with E-state index in [2.05, 4.69) is 16.0 Å². The SMILES string of the molecule is C#CCN(c1ccc(NS(=O)(=O)c2ccc(NC(C)=O)cc2)c2ccccc12)[C@@H](C)CC(=O)OC. The number of nitrogens with zero attached hydrogens (tertiary/aromatic N) is 1. The molecule has 0 aromatic heterocycles. The van der Waals surface area contributed by atoms with Crippen LogP contribution in [0.1, 0.15) is 20.3 Å². The molecule has 35 heavy (non-hydrogen) atoms. The summed E-state index contributed by atoms with van der Waals surface area (Å²) in [5.41, 5.74) is 1.68. The van der Waals surface area contributed by atoms with Gasteiger partial charge in [-0.05, 0) is 43.3 Å². The molecule has 0 saturated heterocycles. The lowest BCUT2D eigenvalue weighted by Gasteiger charge is -2.30. The fourth-order valence-corrected chi connectivity index (χ4v) is 4.84. The molecule has 0 spiro atoms. The molecule has 9 heteroatoms. The number of esters is 1.